The largest absolute Gasteiger partial charge is 0.439 e. The van der Waals surface area contributed by atoms with Crippen molar-refractivity contribution in [1.29, 1.82) is 0 Å². The third-order valence-corrected chi connectivity index (χ3v) is 3.52. The molecule has 0 aliphatic rings. The van der Waals surface area contributed by atoms with Crippen molar-refractivity contribution in [1.82, 2.24) is 10.3 Å². The Hall–Kier alpha value is -1.87. The molecule has 1 aromatic heterocycles. The molecule has 2 aromatic rings. The van der Waals surface area contributed by atoms with Crippen molar-refractivity contribution in [3.05, 3.63) is 53.2 Å². The summed E-state index contributed by atoms with van der Waals surface area (Å²) in [6.07, 6.45) is 3.01. The zero-order valence-electron chi connectivity index (χ0n) is 13.3. The quantitative estimate of drug-likeness (QED) is 0.845. The van der Waals surface area contributed by atoms with Crippen LogP contribution in [-0.4, -0.2) is 11.5 Å². The molecule has 0 aliphatic heterocycles. The monoisotopic (exact) mass is 284 g/mol. The minimum Gasteiger partial charge on any atom is -0.439 e. The highest BCUT2D eigenvalue weighted by atomic mass is 16.5. The molecule has 1 aromatic carbocycles. The average molecular weight is 284 g/mol. The van der Waals surface area contributed by atoms with Gasteiger partial charge in [0.15, 0.2) is 0 Å². The summed E-state index contributed by atoms with van der Waals surface area (Å²) in [6, 6.07) is 10.5. The summed E-state index contributed by atoms with van der Waals surface area (Å²) in [5.41, 5.74) is 3.48. The molecule has 0 amide bonds. The van der Waals surface area contributed by atoms with E-state index < -0.39 is 0 Å². The van der Waals surface area contributed by atoms with Crippen molar-refractivity contribution in [3.63, 3.8) is 0 Å². The third kappa shape index (κ3) is 4.30. The molecule has 1 heterocycles. The van der Waals surface area contributed by atoms with E-state index in [2.05, 4.69) is 49.3 Å². The van der Waals surface area contributed by atoms with E-state index in [0.717, 1.165) is 24.3 Å². The molecule has 1 unspecified atom stereocenters. The van der Waals surface area contributed by atoms with E-state index in [1.165, 1.54) is 11.1 Å². The predicted molar refractivity (Wildman–Crippen MR) is 86.9 cm³/mol. The highest BCUT2D eigenvalue weighted by Crippen LogP contribution is 2.25. The van der Waals surface area contributed by atoms with Crippen LogP contribution in [0.4, 0.5) is 0 Å². The molecule has 0 aliphatic carbocycles. The van der Waals surface area contributed by atoms with Gasteiger partial charge in [-0.25, -0.2) is 4.98 Å². The van der Waals surface area contributed by atoms with Gasteiger partial charge in [-0.05, 0) is 56.5 Å². The second-order valence-corrected chi connectivity index (χ2v) is 5.48. The van der Waals surface area contributed by atoms with Gasteiger partial charge in [0.2, 0.25) is 5.88 Å². The van der Waals surface area contributed by atoms with Crippen molar-refractivity contribution in [3.8, 4) is 11.6 Å². The molecule has 1 N–H and O–H groups in total. The Morgan fingerprint density at radius 3 is 2.67 bits per heavy atom. The van der Waals surface area contributed by atoms with Crippen LogP contribution in [0.25, 0.3) is 0 Å². The number of aryl methyl sites for hydroxylation is 2. The lowest BCUT2D eigenvalue weighted by Gasteiger charge is -2.14. The summed E-state index contributed by atoms with van der Waals surface area (Å²) in [7, 11) is 0. The fraction of sp³-hybridized carbons (Fsp3) is 0.389. The molecular formula is C18H24N2O. The molecule has 0 spiro atoms. The first kappa shape index (κ1) is 15.5. The van der Waals surface area contributed by atoms with Crippen LogP contribution in [0.3, 0.4) is 0 Å². The highest BCUT2D eigenvalue weighted by molar-refractivity contribution is 5.38. The average Bonchev–Trinajstić information content (AvgIpc) is 2.49. The first-order valence-corrected chi connectivity index (χ1v) is 7.54. The summed E-state index contributed by atoms with van der Waals surface area (Å²) >= 11 is 0. The van der Waals surface area contributed by atoms with Crippen LogP contribution in [0.15, 0.2) is 36.5 Å². The van der Waals surface area contributed by atoms with E-state index in [4.69, 9.17) is 4.74 Å². The zero-order chi connectivity index (χ0) is 15.2. The maximum Gasteiger partial charge on any atom is 0.219 e. The molecule has 0 saturated heterocycles. The van der Waals surface area contributed by atoms with Crippen molar-refractivity contribution in [2.75, 3.05) is 6.54 Å². The normalized spacial score (nSPS) is 12.2. The molecule has 3 nitrogen and oxygen atoms in total. The maximum absolute atomic E-state index is 5.87. The maximum atomic E-state index is 5.87. The number of pyridine rings is 1. The Kier molecular flexibility index (Phi) is 5.34. The molecule has 1 atom stereocenters. The van der Waals surface area contributed by atoms with Crippen molar-refractivity contribution in [2.45, 2.75) is 40.2 Å². The van der Waals surface area contributed by atoms with Crippen molar-refractivity contribution in [2.24, 2.45) is 0 Å². The highest BCUT2D eigenvalue weighted by Gasteiger charge is 2.07. The SMILES string of the molecule is CCCNC(C)c1ccc(Oc2cc(C)ccc2C)nc1. The first-order chi connectivity index (χ1) is 10.1. The van der Waals surface area contributed by atoms with E-state index in [0.29, 0.717) is 11.9 Å². The Labute approximate surface area is 127 Å². The molecule has 21 heavy (non-hydrogen) atoms. The first-order valence-electron chi connectivity index (χ1n) is 7.54. The summed E-state index contributed by atoms with van der Waals surface area (Å²) in [4.78, 5) is 4.41. The Balaban J connectivity index is 2.07. The van der Waals surface area contributed by atoms with Crippen LogP contribution in [0.5, 0.6) is 11.6 Å². The van der Waals surface area contributed by atoms with E-state index in [-0.39, 0.29) is 0 Å². The van der Waals surface area contributed by atoms with Gasteiger partial charge in [0.25, 0.3) is 0 Å². The fourth-order valence-corrected chi connectivity index (χ4v) is 2.12. The lowest BCUT2D eigenvalue weighted by atomic mass is 10.1. The van der Waals surface area contributed by atoms with Crippen LogP contribution < -0.4 is 10.1 Å². The van der Waals surface area contributed by atoms with Crippen LogP contribution >= 0.6 is 0 Å². The summed E-state index contributed by atoms with van der Waals surface area (Å²) in [6.45, 7) is 9.43. The van der Waals surface area contributed by atoms with Gasteiger partial charge >= 0.3 is 0 Å². The van der Waals surface area contributed by atoms with Gasteiger partial charge in [0, 0.05) is 18.3 Å². The van der Waals surface area contributed by atoms with E-state index in [1.807, 2.05) is 25.3 Å². The Morgan fingerprint density at radius 2 is 2.00 bits per heavy atom. The number of rotatable bonds is 6. The van der Waals surface area contributed by atoms with Crippen LogP contribution in [-0.2, 0) is 0 Å². The van der Waals surface area contributed by atoms with Gasteiger partial charge in [-0.15, -0.1) is 0 Å². The molecular weight excluding hydrogens is 260 g/mol. The molecule has 0 saturated carbocycles. The molecule has 112 valence electrons. The smallest absolute Gasteiger partial charge is 0.219 e. The van der Waals surface area contributed by atoms with E-state index in [1.54, 1.807) is 0 Å². The van der Waals surface area contributed by atoms with E-state index >= 15 is 0 Å². The predicted octanol–water partition coefficient (Wildman–Crippen LogP) is 4.55. The van der Waals surface area contributed by atoms with Gasteiger partial charge in [0.05, 0.1) is 0 Å². The minimum atomic E-state index is 0.312. The van der Waals surface area contributed by atoms with Crippen LogP contribution in [0, 0.1) is 13.8 Å². The van der Waals surface area contributed by atoms with Gasteiger partial charge in [-0.1, -0.05) is 25.1 Å². The van der Waals surface area contributed by atoms with Gasteiger partial charge in [0.1, 0.15) is 5.75 Å². The number of aromatic nitrogens is 1. The molecule has 3 heteroatoms. The van der Waals surface area contributed by atoms with Crippen molar-refractivity contribution < 1.29 is 4.74 Å². The summed E-state index contributed by atoms with van der Waals surface area (Å²) < 4.78 is 5.87. The van der Waals surface area contributed by atoms with Crippen LogP contribution in [0.1, 0.15) is 43.0 Å². The Bertz CT molecular complexity index is 578. The third-order valence-electron chi connectivity index (χ3n) is 3.52. The van der Waals surface area contributed by atoms with Gasteiger partial charge in [-0.2, -0.15) is 0 Å². The topological polar surface area (TPSA) is 34.1 Å². The standard InChI is InChI=1S/C18H24N2O/c1-5-10-19-15(4)16-8-9-18(20-12-16)21-17-11-13(2)6-7-14(17)3/h6-9,11-12,15,19H,5,10H2,1-4H3. The molecule has 2 rings (SSSR count). The zero-order valence-corrected chi connectivity index (χ0v) is 13.3. The van der Waals surface area contributed by atoms with Gasteiger partial charge < -0.3 is 10.1 Å². The van der Waals surface area contributed by atoms with Gasteiger partial charge in [-0.3, -0.25) is 0 Å². The lowest BCUT2D eigenvalue weighted by Crippen LogP contribution is -2.19. The summed E-state index contributed by atoms with van der Waals surface area (Å²) in [5.74, 6) is 1.50. The Morgan fingerprint density at radius 1 is 1.19 bits per heavy atom. The fourth-order valence-electron chi connectivity index (χ4n) is 2.12. The number of nitrogens with zero attached hydrogens (tertiary/aromatic N) is 1. The van der Waals surface area contributed by atoms with E-state index in [9.17, 15) is 0 Å². The van der Waals surface area contributed by atoms with Crippen LogP contribution in [0.2, 0.25) is 0 Å². The number of hydrogen-bond donors (Lipinski definition) is 1. The molecule has 0 bridgehead atoms. The minimum absolute atomic E-state index is 0.312. The number of benzene rings is 1. The lowest BCUT2D eigenvalue weighted by molar-refractivity contribution is 0.457. The summed E-state index contributed by atoms with van der Waals surface area (Å²) in [5, 5.41) is 3.45. The second-order valence-electron chi connectivity index (χ2n) is 5.48. The second kappa shape index (κ2) is 7.23. The van der Waals surface area contributed by atoms with Crippen molar-refractivity contribution >= 4 is 0 Å². The number of nitrogens with one attached hydrogen (secondary N) is 1. The molecule has 0 radical (unpaired) electrons. The number of hydrogen-bond acceptors (Lipinski definition) is 3. The molecule has 0 fully saturated rings. The number of ether oxygens (including phenoxy) is 1.